The SMILES string of the molecule is O=C(CN1CCN(S(=O)(=O)C=Cc2ccccc2)CC1)N(C1CCCC1)C1CCS(=O)(=O)C1. The van der Waals surface area contributed by atoms with Crippen molar-refractivity contribution in [2.45, 2.75) is 44.2 Å². The third-order valence-corrected chi connectivity index (χ3v) is 10.2. The molecule has 1 atom stereocenters. The summed E-state index contributed by atoms with van der Waals surface area (Å²) in [5.74, 6) is 0.195. The van der Waals surface area contributed by atoms with Gasteiger partial charge in [-0.15, -0.1) is 0 Å². The Hall–Kier alpha value is -1.75. The van der Waals surface area contributed by atoms with Crippen LogP contribution >= 0.6 is 0 Å². The van der Waals surface area contributed by atoms with E-state index >= 15 is 0 Å². The first-order valence-electron chi connectivity index (χ1n) is 11.7. The zero-order valence-electron chi connectivity index (χ0n) is 18.9. The third kappa shape index (κ3) is 6.23. The van der Waals surface area contributed by atoms with Gasteiger partial charge in [-0.3, -0.25) is 9.69 Å². The molecule has 0 radical (unpaired) electrons. The second-order valence-corrected chi connectivity index (χ2v) is 13.3. The highest BCUT2D eigenvalue weighted by atomic mass is 32.2. The normalized spacial score (nSPS) is 25.0. The molecule has 1 amide bonds. The summed E-state index contributed by atoms with van der Waals surface area (Å²) in [5, 5.41) is 1.24. The fraction of sp³-hybridized carbons (Fsp3) is 0.609. The smallest absolute Gasteiger partial charge is 0.237 e. The lowest BCUT2D eigenvalue weighted by molar-refractivity contribution is -0.137. The number of carbonyl (C=O) groups excluding carboxylic acids is 1. The molecule has 8 nitrogen and oxygen atoms in total. The minimum atomic E-state index is -3.52. The van der Waals surface area contributed by atoms with Crippen LogP contribution in [0.4, 0.5) is 0 Å². The molecule has 2 aliphatic heterocycles. The second kappa shape index (κ2) is 10.2. The summed E-state index contributed by atoms with van der Waals surface area (Å²) >= 11 is 0. The fourth-order valence-corrected chi connectivity index (χ4v) is 8.00. The number of nitrogens with zero attached hydrogens (tertiary/aromatic N) is 3. The van der Waals surface area contributed by atoms with Crippen molar-refractivity contribution in [1.29, 1.82) is 0 Å². The van der Waals surface area contributed by atoms with Crippen LogP contribution in [0.2, 0.25) is 0 Å². The largest absolute Gasteiger partial charge is 0.335 e. The molecular formula is C23H33N3O5S2. The van der Waals surface area contributed by atoms with E-state index in [0.717, 1.165) is 31.2 Å². The summed E-state index contributed by atoms with van der Waals surface area (Å²) in [7, 11) is -6.60. The van der Waals surface area contributed by atoms with Gasteiger partial charge in [0.2, 0.25) is 15.9 Å². The van der Waals surface area contributed by atoms with Crippen molar-refractivity contribution in [3.05, 3.63) is 41.3 Å². The van der Waals surface area contributed by atoms with Crippen LogP contribution in [0.25, 0.3) is 6.08 Å². The van der Waals surface area contributed by atoms with E-state index in [4.69, 9.17) is 0 Å². The van der Waals surface area contributed by atoms with Gasteiger partial charge >= 0.3 is 0 Å². The van der Waals surface area contributed by atoms with Gasteiger partial charge in [0.25, 0.3) is 0 Å². The van der Waals surface area contributed by atoms with Gasteiger partial charge in [0, 0.05) is 43.7 Å². The molecule has 0 bridgehead atoms. The lowest BCUT2D eigenvalue weighted by atomic mass is 10.1. The van der Waals surface area contributed by atoms with Gasteiger partial charge in [-0.05, 0) is 30.9 Å². The number of piperazine rings is 1. The van der Waals surface area contributed by atoms with E-state index in [-0.39, 0.29) is 36.0 Å². The second-order valence-electron chi connectivity index (χ2n) is 9.23. The molecule has 3 aliphatic rings. The summed E-state index contributed by atoms with van der Waals surface area (Å²) in [6.07, 6.45) is 6.12. The van der Waals surface area contributed by atoms with Crippen LogP contribution in [0.1, 0.15) is 37.7 Å². The Balaban J connectivity index is 1.34. The monoisotopic (exact) mass is 495 g/mol. The van der Waals surface area contributed by atoms with Crippen LogP contribution in [-0.2, 0) is 24.7 Å². The average Bonchev–Trinajstić information content (AvgIpc) is 3.44. The molecule has 2 saturated heterocycles. The molecule has 0 spiro atoms. The molecule has 1 unspecified atom stereocenters. The first kappa shape index (κ1) is 24.4. The van der Waals surface area contributed by atoms with Gasteiger partial charge in [-0.1, -0.05) is 43.2 Å². The van der Waals surface area contributed by atoms with Crippen molar-refractivity contribution in [3.8, 4) is 0 Å². The van der Waals surface area contributed by atoms with Crippen molar-refractivity contribution in [2.24, 2.45) is 0 Å². The highest BCUT2D eigenvalue weighted by Gasteiger charge is 2.39. The van der Waals surface area contributed by atoms with Crippen molar-refractivity contribution in [1.82, 2.24) is 14.1 Å². The minimum absolute atomic E-state index is 0.0238. The summed E-state index contributed by atoms with van der Waals surface area (Å²) in [5.41, 5.74) is 0.825. The van der Waals surface area contributed by atoms with Crippen molar-refractivity contribution in [3.63, 3.8) is 0 Å². The summed E-state index contributed by atoms with van der Waals surface area (Å²) < 4.78 is 50.9. The maximum absolute atomic E-state index is 13.3. The van der Waals surface area contributed by atoms with E-state index in [9.17, 15) is 21.6 Å². The fourth-order valence-electron chi connectivity index (χ4n) is 5.11. The van der Waals surface area contributed by atoms with Crippen LogP contribution in [-0.4, -0.2) is 93.2 Å². The molecule has 0 aromatic heterocycles. The van der Waals surface area contributed by atoms with E-state index in [2.05, 4.69) is 0 Å². The Morgan fingerprint density at radius 1 is 1.00 bits per heavy atom. The summed E-state index contributed by atoms with van der Waals surface area (Å²) in [6.45, 7) is 1.82. The molecule has 1 aliphatic carbocycles. The molecule has 2 heterocycles. The topological polar surface area (TPSA) is 95.1 Å². The summed E-state index contributed by atoms with van der Waals surface area (Å²) in [6, 6.07) is 9.19. The standard InChI is InChI=1S/C23H33N3O5S2/c27-23(26(21-8-4-5-9-21)22-11-16-32(28,29)19-22)18-24-12-14-25(15-13-24)33(30,31)17-10-20-6-2-1-3-7-20/h1-3,6-7,10,17,21-22H,4-5,8-9,11-16,18-19H2. The third-order valence-electron chi connectivity index (χ3n) is 6.89. The van der Waals surface area contributed by atoms with Gasteiger partial charge in [0.15, 0.2) is 9.84 Å². The lowest BCUT2D eigenvalue weighted by Gasteiger charge is -2.38. The van der Waals surface area contributed by atoms with Gasteiger partial charge in [0.05, 0.1) is 18.1 Å². The number of carbonyl (C=O) groups is 1. The van der Waals surface area contributed by atoms with E-state index in [1.54, 1.807) is 6.08 Å². The Kier molecular flexibility index (Phi) is 7.57. The summed E-state index contributed by atoms with van der Waals surface area (Å²) in [4.78, 5) is 17.1. The number of hydrogen-bond donors (Lipinski definition) is 0. The lowest BCUT2D eigenvalue weighted by Crippen LogP contribution is -2.54. The van der Waals surface area contributed by atoms with Crippen LogP contribution in [0.5, 0.6) is 0 Å². The molecular weight excluding hydrogens is 462 g/mol. The maximum atomic E-state index is 13.3. The number of hydrogen-bond acceptors (Lipinski definition) is 6. The van der Waals surface area contributed by atoms with E-state index < -0.39 is 19.9 Å². The minimum Gasteiger partial charge on any atom is -0.335 e. The first-order chi connectivity index (χ1) is 15.7. The van der Waals surface area contributed by atoms with Crippen molar-refractivity contribution >= 4 is 31.8 Å². The van der Waals surface area contributed by atoms with Crippen LogP contribution < -0.4 is 0 Å². The van der Waals surface area contributed by atoms with Crippen LogP contribution in [0.15, 0.2) is 35.7 Å². The van der Waals surface area contributed by atoms with E-state index in [1.165, 1.54) is 9.71 Å². The van der Waals surface area contributed by atoms with Crippen LogP contribution in [0.3, 0.4) is 0 Å². The highest BCUT2D eigenvalue weighted by molar-refractivity contribution is 7.92. The zero-order chi connectivity index (χ0) is 23.5. The zero-order valence-corrected chi connectivity index (χ0v) is 20.5. The maximum Gasteiger partial charge on any atom is 0.237 e. The molecule has 10 heteroatoms. The number of sulfonamides is 1. The van der Waals surface area contributed by atoms with E-state index in [1.807, 2.05) is 40.1 Å². The molecule has 0 N–H and O–H groups in total. The van der Waals surface area contributed by atoms with Crippen molar-refractivity contribution < 1.29 is 21.6 Å². The average molecular weight is 496 g/mol. The van der Waals surface area contributed by atoms with E-state index in [0.29, 0.717) is 32.6 Å². The number of sulfone groups is 1. The molecule has 182 valence electrons. The van der Waals surface area contributed by atoms with Crippen LogP contribution in [0, 0.1) is 0 Å². The molecule has 4 rings (SSSR count). The van der Waals surface area contributed by atoms with Gasteiger partial charge in [0.1, 0.15) is 0 Å². The molecule has 1 aromatic rings. The molecule has 1 aromatic carbocycles. The van der Waals surface area contributed by atoms with Gasteiger partial charge in [-0.2, -0.15) is 4.31 Å². The Bertz CT molecular complexity index is 1060. The molecule has 33 heavy (non-hydrogen) atoms. The predicted molar refractivity (Wildman–Crippen MR) is 129 cm³/mol. The number of benzene rings is 1. The van der Waals surface area contributed by atoms with Gasteiger partial charge in [-0.25, -0.2) is 16.8 Å². The Morgan fingerprint density at radius 2 is 1.67 bits per heavy atom. The number of amides is 1. The Labute approximate surface area is 197 Å². The van der Waals surface area contributed by atoms with Crippen molar-refractivity contribution in [2.75, 3.05) is 44.2 Å². The predicted octanol–water partition coefficient (Wildman–Crippen LogP) is 1.56. The quantitative estimate of drug-likeness (QED) is 0.570. The first-order valence-corrected chi connectivity index (χ1v) is 15.0. The molecule has 3 fully saturated rings. The van der Waals surface area contributed by atoms with Gasteiger partial charge < -0.3 is 4.90 Å². The number of rotatable bonds is 7. The highest BCUT2D eigenvalue weighted by Crippen LogP contribution is 2.29. The molecule has 1 saturated carbocycles. The Morgan fingerprint density at radius 3 is 2.27 bits per heavy atom.